The van der Waals surface area contributed by atoms with Crippen molar-refractivity contribution in [3.05, 3.63) is 0 Å². The van der Waals surface area contributed by atoms with E-state index in [1.807, 2.05) is 0 Å². The van der Waals surface area contributed by atoms with Crippen LogP contribution in [0.3, 0.4) is 0 Å². The summed E-state index contributed by atoms with van der Waals surface area (Å²) in [5, 5.41) is 3.60. The van der Waals surface area contributed by atoms with Crippen molar-refractivity contribution in [2.24, 2.45) is 0 Å². The Labute approximate surface area is 101 Å². The smallest absolute Gasteiger partial charge is 0.00926 e. The lowest BCUT2D eigenvalue weighted by atomic mass is 10.00. The van der Waals surface area contributed by atoms with Crippen LogP contribution in [0.2, 0.25) is 0 Å². The largest absolute Gasteiger partial charge is 0.314 e. The first-order valence-electron chi connectivity index (χ1n) is 7.37. The maximum atomic E-state index is 3.60. The first-order valence-corrected chi connectivity index (χ1v) is 7.37. The molecule has 2 aliphatic rings. The van der Waals surface area contributed by atoms with Crippen molar-refractivity contribution < 1.29 is 0 Å². The molecule has 1 saturated carbocycles. The summed E-state index contributed by atoms with van der Waals surface area (Å²) < 4.78 is 0. The van der Waals surface area contributed by atoms with Crippen molar-refractivity contribution in [3.8, 4) is 0 Å². The Morgan fingerprint density at radius 3 is 2.75 bits per heavy atom. The summed E-state index contributed by atoms with van der Waals surface area (Å²) in [5.74, 6) is 0. The van der Waals surface area contributed by atoms with Gasteiger partial charge >= 0.3 is 0 Å². The molecule has 94 valence electrons. The number of rotatable bonds is 7. The van der Waals surface area contributed by atoms with E-state index < -0.39 is 0 Å². The molecule has 1 heterocycles. The van der Waals surface area contributed by atoms with E-state index in [9.17, 15) is 0 Å². The molecular formula is C14H28N2. The number of nitrogens with one attached hydrogen (secondary N) is 1. The minimum atomic E-state index is 0.887. The zero-order chi connectivity index (χ0) is 11.2. The summed E-state index contributed by atoms with van der Waals surface area (Å²) in [4.78, 5) is 2.74. The Hall–Kier alpha value is -0.0800. The second kappa shape index (κ2) is 6.61. The van der Waals surface area contributed by atoms with Crippen molar-refractivity contribution in [2.75, 3.05) is 19.6 Å². The Kier molecular flexibility index (Phi) is 5.11. The van der Waals surface area contributed by atoms with Crippen LogP contribution in [-0.2, 0) is 0 Å². The molecule has 0 bridgehead atoms. The minimum absolute atomic E-state index is 0.887. The Morgan fingerprint density at radius 1 is 1.12 bits per heavy atom. The molecule has 0 radical (unpaired) electrons. The number of likely N-dealkylation sites (tertiary alicyclic amines) is 1. The van der Waals surface area contributed by atoms with Gasteiger partial charge in [0, 0.05) is 12.1 Å². The third-order valence-electron chi connectivity index (χ3n) is 4.10. The van der Waals surface area contributed by atoms with E-state index in [2.05, 4.69) is 17.1 Å². The van der Waals surface area contributed by atoms with Crippen molar-refractivity contribution >= 4 is 0 Å². The first-order chi connectivity index (χ1) is 7.90. The fraction of sp³-hybridized carbons (Fsp3) is 1.00. The Balaban J connectivity index is 1.52. The SMILES string of the molecule is CCC1CCCCN1CCCCNC1CC1. The lowest BCUT2D eigenvalue weighted by Crippen LogP contribution is -2.39. The van der Waals surface area contributed by atoms with E-state index in [-0.39, 0.29) is 0 Å². The van der Waals surface area contributed by atoms with Gasteiger partial charge in [0.1, 0.15) is 0 Å². The second-order valence-electron chi connectivity index (χ2n) is 5.53. The summed E-state index contributed by atoms with van der Waals surface area (Å²) in [6, 6.07) is 1.78. The van der Waals surface area contributed by atoms with Crippen molar-refractivity contribution in [1.82, 2.24) is 10.2 Å². The predicted octanol–water partition coefficient (Wildman–Crippen LogP) is 2.78. The quantitative estimate of drug-likeness (QED) is 0.669. The highest BCUT2D eigenvalue weighted by Gasteiger charge is 2.21. The third-order valence-corrected chi connectivity index (χ3v) is 4.10. The number of piperidine rings is 1. The number of nitrogens with zero attached hydrogens (tertiary/aromatic N) is 1. The van der Waals surface area contributed by atoms with E-state index in [1.54, 1.807) is 0 Å². The molecule has 0 aromatic carbocycles. The van der Waals surface area contributed by atoms with Crippen LogP contribution in [-0.4, -0.2) is 36.6 Å². The molecule has 0 spiro atoms. The van der Waals surface area contributed by atoms with Gasteiger partial charge in [0.15, 0.2) is 0 Å². The lowest BCUT2D eigenvalue weighted by molar-refractivity contribution is 0.141. The third kappa shape index (κ3) is 4.06. The van der Waals surface area contributed by atoms with Crippen LogP contribution < -0.4 is 5.32 Å². The van der Waals surface area contributed by atoms with Crippen molar-refractivity contribution in [1.29, 1.82) is 0 Å². The van der Waals surface area contributed by atoms with Crippen LogP contribution in [0.25, 0.3) is 0 Å². The molecule has 2 rings (SSSR count). The van der Waals surface area contributed by atoms with Gasteiger partial charge in [0.2, 0.25) is 0 Å². The molecule has 1 atom stereocenters. The molecule has 16 heavy (non-hydrogen) atoms. The summed E-state index contributed by atoms with van der Waals surface area (Å²) in [6.07, 6.45) is 11.3. The van der Waals surface area contributed by atoms with E-state index >= 15 is 0 Å². The fourth-order valence-corrected chi connectivity index (χ4v) is 2.85. The highest BCUT2D eigenvalue weighted by atomic mass is 15.2. The number of hydrogen-bond donors (Lipinski definition) is 1. The summed E-state index contributed by atoms with van der Waals surface area (Å²) in [5.41, 5.74) is 0. The zero-order valence-corrected chi connectivity index (χ0v) is 10.9. The standard InChI is InChI=1S/C14H28N2/c1-2-14-7-3-5-11-16(14)12-6-4-10-15-13-8-9-13/h13-15H,2-12H2,1H3. The first kappa shape index (κ1) is 12.4. The van der Waals surface area contributed by atoms with Gasteiger partial charge in [-0.1, -0.05) is 13.3 Å². The van der Waals surface area contributed by atoms with Crippen LogP contribution in [0.4, 0.5) is 0 Å². The maximum absolute atomic E-state index is 3.60. The minimum Gasteiger partial charge on any atom is -0.314 e. The van der Waals surface area contributed by atoms with Crippen molar-refractivity contribution in [2.45, 2.75) is 70.4 Å². The van der Waals surface area contributed by atoms with Crippen LogP contribution in [0.1, 0.15) is 58.3 Å². The van der Waals surface area contributed by atoms with Crippen molar-refractivity contribution in [3.63, 3.8) is 0 Å². The van der Waals surface area contributed by atoms with Gasteiger partial charge < -0.3 is 10.2 Å². The average Bonchev–Trinajstić information content (AvgIpc) is 3.13. The molecule has 0 aromatic rings. The van der Waals surface area contributed by atoms with Gasteiger partial charge in [-0.3, -0.25) is 0 Å². The molecule has 2 nitrogen and oxygen atoms in total. The van der Waals surface area contributed by atoms with Crippen LogP contribution in [0.15, 0.2) is 0 Å². The summed E-state index contributed by atoms with van der Waals surface area (Å²) in [6.45, 7) is 6.28. The van der Waals surface area contributed by atoms with E-state index in [1.165, 1.54) is 71.0 Å². The highest BCUT2D eigenvalue weighted by molar-refractivity contribution is 4.80. The molecule has 2 heteroatoms. The molecule has 1 saturated heterocycles. The summed E-state index contributed by atoms with van der Waals surface area (Å²) in [7, 11) is 0. The topological polar surface area (TPSA) is 15.3 Å². The molecule has 1 aliphatic heterocycles. The fourth-order valence-electron chi connectivity index (χ4n) is 2.85. The van der Waals surface area contributed by atoms with Gasteiger partial charge in [0.25, 0.3) is 0 Å². The molecule has 0 aromatic heterocycles. The van der Waals surface area contributed by atoms with E-state index in [0.29, 0.717) is 0 Å². The molecular weight excluding hydrogens is 196 g/mol. The average molecular weight is 224 g/mol. The van der Waals surface area contributed by atoms with Gasteiger partial charge in [-0.2, -0.15) is 0 Å². The summed E-state index contributed by atoms with van der Waals surface area (Å²) >= 11 is 0. The highest BCUT2D eigenvalue weighted by Crippen LogP contribution is 2.20. The predicted molar refractivity (Wildman–Crippen MR) is 69.8 cm³/mol. The van der Waals surface area contributed by atoms with E-state index in [0.717, 1.165) is 12.1 Å². The van der Waals surface area contributed by atoms with Crippen LogP contribution in [0.5, 0.6) is 0 Å². The van der Waals surface area contributed by atoms with Gasteiger partial charge in [0.05, 0.1) is 0 Å². The molecule has 2 fully saturated rings. The molecule has 0 amide bonds. The van der Waals surface area contributed by atoms with Gasteiger partial charge in [-0.05, 0) is 64.6 Å². The maximum Gasteiger partial charge on any atom is 0.00926 e. The van der Waals surface area contributed by atoms with Gasteiger partial charge in [-0.15, -0.1) is 0 Å². The van der Waals surface area contributed by atoms with Crippen LogP contribution in [0, 0.1) is 0 Å². The second-order valence-corrected chi connectivity index (χ2v) is 5.53. The Bertz CT molecular complexity index is 189. The van der Waals surface area contributed by atoms with Crippen LogP contribution >= 0.6 is 0 Å². The molecule has 1 aliphatic carbocycles. The number of unbranched alkanes of at least 4 members (excludes halogenated alkanes) is 1. The number of hydrogen-bond acceptors (Lipinski definition) is 2. The monoisotopic (exact) mass is 224 g/mol. The Morgan fingerprint density at radius 2 is 2.00 bits per heavy atom. The molecule has 1 N–H and O–H groups in total. The molecule has 1 unspecified atom stereocenters. The lowest BCUT2D eigenvalue weighted by Gasteiger charge is -2.35. The normalized spacial score (nSPS) is 27.2. The van der Waals surface area contributed by atoms with Gasteiger partial charge in [-0.25, -0.2) is 0 Å². The zero-order valence-electron chi connectivity index (χ0n) is 10.9. The van der Waals surface area contributed by atoms with E-state index in [4.69, 9.17) is 0 Å².